The van der Waals surface area contributed by atoms with E-state index in [9.17, 15) is 0 Å². The molecule has 0 atom stereocenters. The first-order chi connectivity index (χ1) is 6.70. The zero-order valence-electron chi connectivity index (χ0n) is 8.24. The lowest BCUT2D eigenvalue weighted by Gasteiger charge is -2.05. The highest BCUT2D eigenvalue weighted by molar-refractivity contribution is 7.16. The van der Waals surface area contributed by atoms with Crippen molar-refractivity contribution in [2.75, 3.05) is 24.3 Å². The molecule has 0 amide bonds. The molecule has 1 fully saturated rings. The van der Waals surface area contributed by atoms with Gasteiger partial charge in [-0.3, -0.25) is 0 Å². The molecule has 1 aromatic heterocycles. The van der Waals surface area contributed by atoms with E-state index in [0.717, 1.165) is 10.9 Å². The average Bonchev–Trinajstić information content (AvgIpc) is 2.84. The molecule has 1 aliphatic rings. The Morgan fingerprint density at radius 3 is 2.79 bits per heavy atom. The van der Waals surface area contributed by atoms with Crippen LogP contribution < -0.4 is 10.2 Å². The van der Waals surface area contributed by atoms with Crippen molar-refractivity contribution >= 4 is 22.3 Å². The SMILES string of the molecule is CN(C)c1nc(NC2CC2)c(C#N)s1. The van der Waals surface area contributed by atoms with Crippen LogP contribution in [-0.4, -0.2) is 25.1 Å². The van der Waals surface area contributed by atoms with Crippen LogP contribution in [0.5, 0.6) is 0 Å². The minimum atomic E-state index is 0.541. The summed E-state index contributed by atoms with van der Waals surface area (Å²) in [6.45, 7) is 0. The number of rotatable bonds is 3. The Morgan fingerprint density at radius 2 is 2.29 bits per heavy atom. The summed E-state index contributed by atoms with van der Waals surface area (Å²) < 4.78 is 0. The van der Waals surface area contributed by atoms with Crippen molar-refractivity contribution < 1.29 is 0 Å². The Bertz CT molecular complexity index is 373. The highest BCUT2D eigenvalue weighted by atomic mass is 32.1. The van der Waals surface area contributed by atoms with Crippen LogP contribution >= 0.6 is 11.3 Å². The molecular formula is C9H12N4S. The van der Waals surface area contributed by atoms with E-state index < -0.39 is 0 Å². The molecule has 2 rings (SSSR count). The summed E-state index contributed by atoms with van der Waals surface area (Å²) in [4.78, 5) is 6.97. The number of thiazole rings is 1. The molecular weight excluding hydrogens is 196 g/mol. The molecule has 1 aliphatic carbocycles. The van der Waals surface area contributed by atoms with Crippen LogP contribution in [0.25, 0.3) is 0 Å². The molecule has 0 radical (unpaired) electrons. The van der Waals surface area contributed by atoms with Crippen LogP contribution in [0.3, 0.4) is 0 Å². The number of hydrogen-bond donors (Lipinski definition) is 1. The van der Waals surface area contributed by atoms with E-state index in [-0.39, 0.29) is 0 Å². The molecule has 14 heavy (non-hydrogen) atoms. The first-order valence-corrected chi connectivity index (χ1v) is 5.37. The fourth-order valence-corrected chi connectivity index (χ4v) is 1.84. The van der Waals surface area contributed by atoms with Gasteiger partial charge in [-0.25, -0.2) is 4.98 Å². The minimum absolute atomic E-state index is 0.541. The van der Waals surface area contributed by atoms with Crippen molar-refractivity contribution in [2.24, 2.45) is 0 Å². The van der Waals surface area contributed by atoms with Gasteiger partial charge in [-0.15, -0.1) is 0 Å². The van der Waals surface area contributed by atoms with Gasteiger partial charge in [0.2, 0.25) is 0 Å². The molecule has 0 aromatic carbocycles. The highest BCUT2D eigenvalue weighted by Crippen LogP contribution is 2.31. The highest BCUT2D eigenvalue weighted by Gasteiger charge is 2.24. The van der Waals surface area contributed by atoms with Gasteiger partial charge in [0, 0.05) is 20.1 Å². The first kappa shape index (κ1) is 9.28. The van der Waals surface area contributed by atoms with Crippen LogP contribution in [-0.2, 0) is 0 Å². The van der Waals surface area contributed by atoms with E-state index in [1.807, 2.05) is 19.0 Å². The number of nitriles is 1. The molecule has 0 bridgehead atoms. The Hall–Kier alpha value is -1.28. The van der Waals surface area contributed by atoms with E-state index in [0.29, 0.717) is 10.9 Å². The Balaban J connectivity index is 2.23. The molecule has 0 aliphatic heterocycles. The van der Waals surface area contributed by atoms with Crippen LogP contribution in [0.1, 0.15) is 17.7 Å². The maximum atomic E-state index is 8.91. The molecule has 1 heterocycles. The summed E-state index contributed by atoms with van der Waals surface area (Å²) in [7, 11) is 3.86. The van der Waals surface area contributed by atoms with Crippen molar-refractivity contribution in [3.05, 3.63) is 4.88 Å². The van der Waals surface area contributed by atoms with E-state index in [1.54, 1.807) is 0 Å². The normalized spacial score (nSPS) is 14.9. The Labute approximate surface area is 87.2 Å². The summed E-state index contributed by atoms with van der Waals surface area (Å²) >= 11 is 1.43. The van der Waals surface area contributed by atoms with Crippen LogP contribution in [0.2, 0.25) is 0 Å². The molecule has 0 spiro atoms. The first-order valence-electron chi connectivity index (χ1n) is 4.55. The van der Waals surface area contributed by atoms with Crippen molar-refractivity contribution in [3.63, 3.8) is 0 Å². The van der Waals surface area contributed by atoms with Crippen molar-refractivity contribution in [3.8, 4) is 6.07 Å². The monoisotopic (exact) mass is 208 g/mol. The second kappa shape index (κ2) is 3.46. The van der Waals surface area contributed by atoms with Gasteiger partial charge in [0.25, 0.3) is 0 Å². The van der Waals surface area contributed by atoms with Gasteiger partial charge >= 0.3 is 0 Å². The third-order valence-corrected chi connectivity index (χ3v) is 3.15. The standard InChI is InChI=1S/C9H12N4S/c1-13(2)9-12-8(7(5-10)14-9)11-6-3-4-6/h6,11H,3-4H2,1-2H3. The van der Waals surface area contributed by atoms with Gasteiger partial charge in [0.1, 0.15) is 6.07 Å². The van der Waals surface area contributed by atoms with E-state index in [2.05, 4.69) is 16.4 Å². The van der Waals surface area contributed by atoms with Gasteiger partial charge < -0.3 is 10.2 Å². The fraction of sp³-hybridized carbons (Fsp3) is 0.556. The predicted octanol–water partition coefficient (Wildman–Crippen LogP) is 1.66. The summed E-state index contributed by atoms with van der Waals surface area (Å²) in [5.41, 5.74) is 0. The van der Waals surface area contributed by atoms with Gasteiger partial charge in [-0.1, -0.05) is 11.3 Å². The van der Waals surface area contributed by atoms with Crippen LogP contribution in [0.4, 0.5) is 10.9 Å². The van der Waals surface area contributed by atoms with E-state index >= 15 is 0 Å². The average molecular weight is 208 g/mol. The number of nitrogens with zero attached hydrogens (tertiary/aromatic N) is 3. The second-order valence-corrected chi connectivity index (χ2v) is 4.58. The van der Waals surface area contributed by atoms with Gasteiger partial charge in [-0.2, -0.15) is 5.26 Å². The Kier molecular flexibility index (Phi) is 2.30. The minimum Gasteiger partial charge on any atom is -0.365 e. The molecule has 0 saturated heterocycles. The second-order valence-electron chi connectivity index (χ2n) is 3.60. The largest absolute Gasteiger partial charge is 0.365 e. The lowest BCUT2D eigenvalue weighted by atomic mass is 10.5. The summed E-state index contributed by atoms with van der Waals surface area (Å²) in [6, 6.07) is 2.71. The number of hydrogen-bond acceptors (Lipinski definition) is 5. The van der Waals surface area contributed by atoms with E-state index in [4.69, 9.17) is 5.26 Å². The summed E-state index contributed by atoms with van der Waals surface area (Å²) in [5, 5.41) is 13.0. The summed E-state index contributed by atoms with van der Waals surface area (Å²) in [5.74, 6) is 0.753. The quantitative estimate of drug-likeness (QED) is 0.820. The number of anilines is 2. The number of nitrogens with one attached hydrogen (secondary N) is 1. The topological polar surface area (TPSA) is 52.0 Å². The number of aromatic nitrogens is 1. The van der Waals surface area contributed by atoms with Crippen LogP contribution in [0.15, 0.2) is 0 Å². The molecule has 1 aromatic rings. The van der Waals surface area contributed by atoms with Gasteiger partial charge in [-0.05, 0) is 12.8 Å². The Morgan fingerprint density at radius 1 is 1.57 bits per heavy atom. The molecule has 4 nitrogen and oxygen atoms in total. The third-order valence-electron chi connectivity index (χ3n) is 2.02. The molecule has 0 unspecified atom stereocenters. The smallest absolute Gasteiger partial charge is 0.188 e. The molecule has 1 saturated carbocycles. The predicted molar refractivity (Wildman–Crippen MR) is 57.8 cm³/mol. The van der Waals surface area contributed by atoms with Crippen molar-refractivity contribution in [1.82, 2.24) is 4.98 Å². The van der Waals surface area contributed by atoms with Crippen molar-refractivity contribution in [1.29, 1.82) is 5.26 Å². The molecule has 5 heteroatoms. The molecule has 1 N–H and O–H groups in total. The third kappa shape index (κ3) is 1.80. The van der Waals surface area contributed by atoms with Gasteiger partial charge in [0.05, 0.1) is 0 Å². The molecule has 74 valence electrons. The maximum Gasteiger partial charge on any atom is 0.188 e. The maximum absolute atomic E-state index is 8.91. The van der Waals surface area contributed by atoms with Crippen LogP contribution in [0, 0.1) is 11.3 Å². The fourth-order valence-electron chi connectivity index (χ4n) is 1.09. The lowest BCUT2D eigenvalue weighted by Crippen LogP contribution is -2.08. The zero-order chi connectivity index (χ0) is 10.1. The van der Waals surface area contributed by atoms with Crippen molar-refractivity contribution in [2.45, 2.75) is 18.9 Å². The lowest BCUT2D eigenvalue weighted by molar-refractivity contribution is 1.08. The zero-order valence-corrected chi connectivity index (χ0v) is 9.06. The summed E-state index contributed by atoms with van der Waals surface area (Å²) in [6.07, 6.45) is 2.39. The van der Waals surface area contributed by atoms with E-state index in [1.165, 1.54) is 24.2 Å². The van der Waals surface area contributed by atoms with Gasteiger partial charge in [0.15, 0.2) is 15.8 Å².